The minimum Gasteiger partial charge on any atom is -0.492 e. The average Bonchev–Trinajstić information content (AvgIpc) is 2.87. The number of hydrogen-bond donors (Lipinski definition) is 2. The number of hydrogen-bond acceptors (Lipinski definition) is 4. The predicted molar refractivity (Wildman–Crippen MR) is 72.9 cm³/mol. The minimum absolute atomic E-state index is 0.611. The zero-order valence-corrected chi connectivity index (χ0v) is 10.5. The largest absolute Gasteiger partial charge is 0.492 e. The molecule has 0 saturated carbocycles. The first kappa shape index (κ1) is 12.4. The maximum absolute atomic E-state index is 6.02. The number of nitrogens with one attached hydrogen (secondary N) is 1. The quantitative estimate of drug-likeness (QED) is 0.769. The molecule has 1 aromatic carbocycles. The molecule has 0 unspecified atom stereocenters. The van der Waals surface area contributed by atoms with E-state index in [2.05, 4.69) is 5.32 Å². The van der Waals surface area contributed by atoms with Crippen LogP contribution in [0.25, 0.3) is 0 Å². The molecule has 0 saturated heterocycles. The Hall–Kier alpha value is -2.10. The third-order valence-corrected chi connectivity index (χ3v) is 2.63. The fraction of sp³-hybridized carbons (Fsp3) is 0.286. The van der Waals surface area contributed by atoms with Crippen LogP contribution in [0, 0.1) is 0 Å². The molecular formula is C14H18N2O2. The molecule has 0 amide bonds. The maximum Gasteiger partial charge on any atom is 0.144 e. The molecule has 0 aliphatic rings. The average molecular weight is 246 g/mol. The molecule has 0 spiro atoms. The van der Waals surface area contributed by atoms with Gasteiger partial charge in [0.05, 0.1) is 24.2 Å². The van der Waals surface area contributed by atoms with Gasteiger partial charge in [0.1, 0.15) is 11.5 Å². The van der Waals surface area contributed by atoms with Crippen LogP contribution >= 0.6 is 0 Å². The summed E-state index contributed by atoms with van der Waals surface area (Å²) in [6.45, 7) is 3.32. The van der Waals surface area contributed by atoms with Gasteiger partial charge in [-0.3, -0.25) is 0 Å². The Kier molecular flexibility index (Phi) is 4.12. The summed E-state index contributed by atoms with van der Waals surface area (Å²) in [5.74, 6) is 1.68. The van der Waals surface area contributed by atoms with Crippen LogP contribution in [0.3, 0.4) is 0 Å². The Bertz CT molecular complexity index is 481. The van der Waals surface area contributed by atoms with E-state index in [0.717, 1.165) is 30.2 Å². The predicted octanol–water partition coefficient (Wildman–Crippen LogP) is 2.92. The van der Waals surface area contributed by atoms with Crippen molar-refractivity contribution < 1.29 is 9.15 Å². The SMILES string of the molecule is CCOc1cccc(NCCc2ccco2)c1N. The molecular weight excluding hydrogens is 228 g/mol. The number of anilines is 2. The van der Waals surface area contributed by atoms with Crippen molar-refractivity contribution in [3.05, 3.63) is 42.4 Å². The van der Waals surface area contributed by atoms with Crippen LogP contribution < -0.4 is 15.8 Å². The molecule has 0 radical (unpaired) electrons. The lowest BCUT2D eigenvalue weighted by atomic mass is 10.2. The summed E-state index contributed by atoms with van der Waals surface area (Å²) >= 11 is 0. The Balaban J connectivity index is 1.94. The zero-order chi connectivity index (χ0) is 12.8. The first-order valence-electron chi connectivity index (χ1n) is 6.08. The van der Waals surface area contributed by atoms with E-state index in [-0.39, 0.29) is 0 Å². The second-order valence-electron chi connectivity index (χ2n) is 3.91. The summed E-state index contributed by atoms with van der Waals surface area (Å²) in [6, 6.07) is 9.59. The highest BCUT2D eigenvalue weighted by Crippen LogP contribution is 2.29. The number of benzene rings is 1. The third-order valence-electron chi connectivity index (χ3n) is 2.63. The molecule has 2 rings (SSSR count). The lowest BCUT2D eigenvalue weighted by Crippen LogP contribution is -2.07. The monoisotopic (exact) mass is 246 g/mol. The molecule has 1 heterocycles. The van der Waals surface area contributed by atoms with E-state index in [1.54, 1.807) is 6.26 Å². The molecule has 0 bridgehead atoms. The minimum atomic E-state index is 0.611. The molecule has 0 aliphatic heterocycles. The van der Waals surface area contributed by atoms with Crippen molar-refractivity contribution in [3.8, 4) is 5.75 Å². The van der Waals surface area contributed by atoms with Crippen LogP contribution in [0.4, 0.5) is 11.4 Å². The number of rotatable bonds is 6. The highest BCUT2D eigenvalue weighted by atomic mass is 16.5. The van der Waals surface area contributed by atoms with Crippen LogP contribution in [-0.2, 0) is 6.42 Å². The van der Waals surface area contributed by atoms with Gasteiger partial charge in [-0.2, -0.15) is 0 Å². The van der Waals surface area contributed by atoms with Crippen LogP contribution in [0.2, 0.25) is 0 Å². The van der Waals surface area contributed by atoms with Crippen molar-refractivity contribution in [1.29, 1.82) is 0 Å². The van der Waals surface area contributed by atoms with E-state index in [4.69, 9.17) is 14.9 Å². The van der Waals surface area contributed by atoms with Gasteiger partial charge < -0.3 is 20.2 Å². The molecule has 2 aromatic rings. The number of para-hydroxylation sites is 1. The molecule has 0 aliphatic carbocycles. The van der Waals surface area contributed by atoms with Crippen molar-refractivity contribution >= 4 is 11.4 Å². The van der Waals surface area contributed by atoms with Gasteiger partial charge in [-0.25, -0.2) is 0 Å². The normalized spacial score (nSPS) is 10.3. The van der Waals surface area contributed by atoms with Crippen LogP contribution in [0.15, 0.2) is 41.0 Å². The summed E-state index contributed by atoms with van der Waals surface area (Å²) in [5, 5.41) is 3.29. The van der Waals surface area contributed by atoms with Crippen molar-refractivity contribution in [3.63, 3.8) is 0 Å². The first-order valence-corrected chi connectivity index (χ1v) is 6.08. The molecule has 4 nitrogen and oxygen atoms in total. The summed E-state index contributed by atoms with van der Waals surface area (Å²) in [5.41, 5.74) is 7.57. The summed E-state index contributed by atoms with van der Waals surface area (Å²) < 4.78 is 10.7. The second-order valence-corrected chi connectivity index (χ2v) is 3.91. The number of nitrogens with two attached hydrogens (primary N) is 1. The van der Waals surface area contributed by atoms with Gasteiger partial charge in [0.25, 0.3) is 0 Å². The van der Waals surface area contributed by atoms with Crippen molar-refractivity contribution in [2.45, 2.75) is 13.3 Å². The zero-order valence-electron chi connectivity index (χ0n) is 10.5. The Morgan fingerprint density at radius 3 is 2.89 bits per heavy atom. The fourth-order valence-electron chi connectivity index (χ4n) is 1.75. The standard InChI is InChI=1S/C14H18N2O2/c1-2-17-13-7-3-6-12(14(13)15)16-9-8-11-5-4-10-18-11/h3-7,10,16H,2,8-9,15H2,1H3. The molecule has 0 atom stereocenters. The molecule has 0 fully saturated rings. The first-order chi connectivity index (χ1) is 8.81. The van der Waals surface area contributed by atoms with Crippen molar-refractivity contribution in [2.24, 2.45) is 0 Å². The van der Waals surface area contributed by atoms with Gasteiger partial charge >= 0.3 is 0 Å². The van der Waals surface area contributed by atoms with E-state index in [1.165, 1.54) is 0 Å². The van der Waals surface area contributed by atoms with Gasteiger partial charge in [0.15, 0.2) is 0 Å². The number of nitrogen functional groups attached to an aromatic ring is 1. The Morgan fingerprint density at radius 1 is 1.28 bits per heavy atom. The van der Waals surface area contributed by atoms with Gasteiger partial charge in [0.2, 0.25) is 0 Å². The van der Waals surface area contributed by atoms with Crippen LogP contribution in [-0.4, -0.2) is 13.2 Å². The second kappa shape index (κ2) is 6.00. The maximum atomic E-state index is 6.02. The fourth-order valence-corrected chi connectivity index (χ4v) is 1.75. The Labute approximate surface area is 107 Å². The van der Waals surface area contributed by atoms with E-state index >= 15 is 0 Å². The number of ether oxygens (including phenoxy) is 1. The summed E-state index contributed by atoms with van der Waals surface area (Å²) in [4.78, 5) is 0. The highest BCUT2D eigenvalue weighted by molar-refractivity contribution is 5.72. The van der Waals surface area contributed by atoms with E-state index in [0.29, 0.717) is 12.3 Å². The summed E-state index contributed by atoms with van der Waals surface area (Å²) in [7, 11) is 0. The van der Waals surface area contributed by atoms with Crippen LogP contribution in [0.5, 0.6) is 5.75 Å². The van der Waals surface area contributed by atoms with E-state index < -0.39 is 0 Å². The van der Waals surface area contributed by atoms with Gasteiger partial charge in [-0.05, 0) is 31.2 Å². The highest BCUT2D eigenvalue weighted by Gasteiger charge is 2.05. The van der Waals surface area contributed by atoms with Gasteiger partial charge in [-0.1, -0.05) is 6.07 Å². The topological polar surface area (TPSA) is 60.4 Å². The third kappa shape index (κ3) is 2.97. The van der Waals surface area contributed by atoms with Crippen molar-refractivity contribution in [1.82, 2.24) is 0 Å². The van der Waals surface area contributed by atoms with E-state index in [1.807, 2.05) is 37.3 Å². The lowest BCUT2D eigenvalue weighted by molar-refractivity contribution is 0.342. The number of furan rings is 1. The van der Waals surface area contributed by atoms with Gasteiger partial charge in [0, 0.05) is 13.0 Å². The smallest absolute Gasteiger partial charge is 0.144 e. The van der Waals surface area contributed by atoms with Crippen molar-refractivity contribution in [2.75, 3.05) is 24.2 Å². The molecule has 1 aromatic heterocycles. The van der Waals surface area contributed by atoms with Gasteiger partial charge in [-0.15, -0.1) is 0 Å². The molecule has 18 heavy (non-hydrogen) atoms. The van der Waals surface area contributed by atoms with Crippen LogP contribution in [0.1, 0.15) is 12.7 Å². The van der Waals surface area contributed by atoms with E-state index in [9.17, 15) is 0 Å². The molecule has 96 valence electrons. The molecule has 3 N–H and O–H groups in total. The molecule has 4 heteroatoms. The Morgan fingerprint density at radius 2 is 2.17 bits per heavy atom. The lowest BCUT2D eigenvalue weighted by Gasteiger charge is -2.12. The summed E-state index contributed by atoms with van der Waals surface area (Å²) in [6.07, 6.45) is 2.50.